The second-order valence-electron chi connectivity index (χ2n) is 4.00. The molecule has 2 atom stereocenters. The highest BCUT2D eigenvalue weighted by Crippen LogP contribution is 2.37. The number of aliphatic carboxylic acids is 1. The van der Waals surface area contributed by atoms with Gasteiger partial charge in [-0.1, -0.05) is 0 Å². The molecule has 14 heavy (non-hydrogen) atoms. The first kappa shape index (κ1) is 9.24. The van der Waals surface area contributed by atoms with Gasteiger partial charge in [-0.3, -0.25) is 4.79 Å². The molecular weight excluding hydrogens is 182 g/mol. The van der Waals surface area contributed by atoms with Gasteiger partial charge in [0.1, 0.15) is 0 Å². The maximum Gasteiger partial charge on any atom is 0.328 e. The summed E-state index contributed by atoms with van der Waals surface area (Å²) in [7, 11) is 0. The van der Waals surface area contributed by atoms with E-state index in [-0.39, 0.29) is 5.91 Å². The molecule has 0 aromatic rings. The molecule has 4 heteroatoms. The average molecular weight is 195 g/mol. The lowest BCUT2D eigenvalue weighted by Crippen LogP contribution is -2.36. The monoisotopic (exact) mass is 195 g/mol. The van der Waals surface area contributed by atoms with Crippen LogP contribution in [0.25, 0.3) is 0 Å². The van der Waals surface area contributed by atoms with Crippen molar-refractivity contribution in [1.82, 2.24) is 4.90 Å². The van der Waals surface area contributed by atoms with E-state index in [1.165, 1.54) is 6.42 Å². The van der Waals surface area contributed by atoms with Crippen molar-refractivity contribution in [2.24, 2.45) is 5.92 Å². The molecule has 4 nitrogen and oxygen atoms in total. The summed E-state index contributed by atoms with van der Waals surface area (Å²) < 4.78 is 0. The number of carboxylic acids is 1. The Hall–Kier alpha value is -1.32. The molecule has 76 valence electrons. The second kappa shape index (κ2) is 3.44. The fourth-order valence-electron chi connectivity index (χ4n) is 2.43. The number of amides is 1. The van der Waals surface area contributed by atoms with Gasteiger partial charge in [-0.25, -0.2) is 4.79 Å². The summed E-state index contributed by atoms with van der Waals surface area (Å²) in [6.45, 7) is 0.813. The number of fused-ring (bicyclic) bond motifs is 2. The third-order valence-corrected chi connectivity index (χ3v) is 3.06. The van der Waals surface area contributed by atoms with Gasteiger partial charge in [0.2, 0.25) is 5.91 Å². The summed E-state index contributed by atoms with van der Waals surface area (Å²) in [4.78, 5) is 23.5. The van der Waals surface area contributed by atoms with E-state index in [1.807, 2.05) is 0 Å². The molecule has 1 saturated heterocycles. The average Bonchev–Trinajstić information content (AvgIpc) is 2.74. The van der Waals surface area contributed by atoms with Crippen LogP contribution in [-0.2, 0) is 9.59 Å². The van der Waals surface area contributed by atoms with E-state index in [4.69, 9.17) is 5.11 Å². The van der Waals surface area contributed by atoms with Gasteiger partial charge in [-0.2, -0.15) is 0 Å². The summed E-state index contributed by atoms with van der Waals surface area (Å²) in [5.41, 5.74) is 0. The summed E-state index contributed by atoms with van der Waals surface area (Å²) in [6, 6.07) is 0.367. The Labute approximate surface area is 82.2 Å². The second-order valence-corrected chi connectivity index (χ2v) is 4.00. The normalized spacial score (nSPS) is 30.1. The highest BCUT2D eigenvalue weighted by molar-refractivity contribution is 5.94. The third kappa shape index (κ3) is 1.64. The molecule has 2 bridgehead atoms. The highest BCUT2D eigenvalue weighted by Gasteiger charge is 2.39. The lowest BCUT2D eigenvalue weighted by molar-refractivity contribution is -0.132. The number of carbonyl (C=O) groups excluding carboxylic acids is 1. The molecule has 2 aliphatic rings. The largest absolute Gasteiger partial charge is 0.478 e. The van der Waals surface area contributed by atoms with Gasteiger partial charge in [0.05, 0.1) is 0 Å². The number of likely N-dealkylation sites (tertiary alicyclic amines) is 1. The number of rotatable bonds is 2. The van der Waals surface area contributed by atoms with E-state index in [9.17, 15) is 9.59 Å². The third-order valence-electron chi connectivity index (χ3n) is 3.06. The standard InChI is InChI=1S/C10H13NO3/c12-9(3-4-10(13)14)11-6-7-1-2-8(11)5-7/h3-4,7-8H,1-2,5-6H2,(H,13,14)/b4-3-. The van der Waals surface area contributed by atoms with Gasteiger partial charge in [0.25, 0.3) is 0 Å². The van der Waals surface area contributed by atoms with E-state index in [0.717, 1.165) is 31.5 Å². The molecule has 2 fully saturated rings. The predicted octanol–water partition coefficient (Wildman–Crippen LogP) is 0.638. The van der Waals surface area contributed by atoms with E-state index in [1.54, 1.807) is 4.90 Å². The Kier molecular flexibility index (Phi) is 2.27. The zero-order valence-corrected chi connectivity index (χ0v) is 7.85. The molecular formula is C10H13NO3. The molecule has 1 aliphatic carbocycles. The molecule has 0 aromatic carbocycles. The van der Waals surface area contributed by atoms with Crippen molar-refractivity contribution in [3.05, 3.63) is 12.2 Å². The van der Waals surface area contributed by atoms with E-state index < -0.39 is 5.97 Å². The SMILES string of the molecule is O=C(O)/C=C\C(=O)N1CC2CCC1C2. The number of carbonyl (C=O) groups is 2. The molecule has 1 N–H and O–H groups in total. The first-order chi connectivity index (χ1) is 6.66. The number of carboxylic acid groups (broad SMARTS) is 1. The van der Waals surface area contributed by atoms with Crippen LogP contribution in [0.15, 0.2) is 12.2 Å². The van der Waals surface area contributed by atoms with Gasteiger partial charge in [0, 0.05) is 24.7 Å². The van der Waals surface area contributed by atoms with Gasteiger partial charge in [0.15, 0.2) is 0 Å². The highest BCUT2D eigenvalue weighted by atomic mass is 16.4. The van der Waals surface area contributed by atoms with Crippen LogP contribution in [0.2, 0.25) is 0 Å². The Morgan fingerprint density at radius 2 is 2.07 bits per heavy atom. The lowest BCUT2D eigenvalue weighted by atomic mass is 10.1. The van der Waals surface area contributed by atoms with Crippen molar-refractivity contribution in [2.45, 2.75) is 25.3 Å². The summed E-state index contributed by atoms with van der Waals surface area (Å²) >= 11 is 0. The summed E-state index contributed by atoms with van der Waals surface area (Å²) in [6.07, 6.45) is 5.47. The van der Waals surface area contributed by atoms with E-state index in [2.05, 4.69) is 0 Å². The van der Waals surface area contributed by atoms with Crippen molar-refractivity contribution in [2.75, 3.05) is 6.54 Å². The van der Waals surface area contributed by atoms with Crippen LogP contribution in [-0.4, -0.2) is 34.5 Å². The number of piperidine rings is 1. The first-order valence-corrected chi connectivity index (χ1v) is 4.88. The van der Waals surface area contributed by atoms with E-state index in [0.29, 0.717) is 12.0 Å². The quantitative estimate of drug-likeness (QED) is 0.658. The molecule has 1 aliphatic heterocycles. The van der Waals surface area contributed by atoms with Crippen LogP contribution < -0.4 is 0 Å². The smallest absolute Gasteiger partial charge is 0.328 e. The minimum Gasteiger partial charge on any atom is -0.478 e. The van der Waals surface area contributed by atoms with Crippen molar-refractivity contribution >= 4 is 11.9 Å². The minimum absolute atomic E-state index is 0.153. The van der Waals surface area contributed by atoms with Crippen LogP contribution in [0.3, 0.4) is 0 Å². The zero-order valence-electron chi connectivity index (χ0n) is 7.85. The minimum atomic E-state index is -1.07. The number of hydrogen-bond acceptors (Lipinski definition) is 2. The van der Waals surface area contributed by atoms with Crippen LogP contribution in [0, 0.1) is 5.92 Å². The van der Waals surface area contributed by atoms with Crippen LogP contribution in [0.1, 0.15) is 19.3 Å². The lowest BCUT2D eigenvalue weighted by Gasteiger charge is -2.25. The zero-order chi connectivity index (χ0) is 10.1. The Morgan fingerprint density at radius 1 is 1.29 bits per heavy atom. The van der Waals surface area contributed by atoms with Crippen LogP contribution in [0.5, 0.6) is 0 Å². The van der Waals surface area contributed by atoms with Crippen molar-refractivity contribution in [1.29, 1.82) is 0 Å². The summed E-state index contributed by atoms with van der Waals surface area (Å²) in [5, 5.41) is 8.38. The molecule has 1 amide bonds. The molecule has 0 aromatic heterocycles. The topological polar surface area (TPSA) is 57.6 Å². The predicted molar refractivity (Wildman–Crippen MR) is 49.6 cm³/mol. The van der Waals surface area contributed by atoms with Crippen molar-refractivity contribution in [3.63, 3.8) is 0 Å². The number of nitrogens with zero attached hydrogens (tertiary/aromatic N) is 1. The molecule has 2 unspecified atom stereocenters. The van der Waals surface area contributed by atoms with Crippen molar-refractivity contribution < 1.29 is 14.7 Å². The van der Waals surface area contributed by atoms with Gasteiger partial charge in [-0.05, 0) is 25.2 Å². The van der Waals surface area contributed by atoms with Gasteiger partial charge >= 0.3 is 5.97 Å². The molecule has 0 spiro atoms. The molecule has 2 rings (SSSR count). The molecule has 1 heterocycles. The van der Waals surface area contributed by atoms with Gasteiger partial charge in [-0.15, -0.1) is 0 Å². The fraction of sp³-hybridized carbons (Fsp3) is 0.600. The van der Waals surface area contributed by atoms with Crippen LogP contribution >= 0.6 is 0 Å². The fourth-order valence-corrected chi connectivity index (χ4v) is 2.43. The Morgan fingerprint density at radius 3 is 2.57 bits per heavy atom. The van der Waals surface area contributed by atoms with Crippen molar-refractivity contribution in [3.8, 4) is 0 Å². The molecule has 1 saturated carbocycles. The molecule has 0 radical (unpaired) electrons. The van der Waals surface area contributed by atoms with E-state index >= 15 is 0 Å². The van der Waals surface area contributed by atoms with Crippen LogP contribution in [0.4, 0.5) is 0 Å². The number of hydrogen-bond donors (Lipinski definition) is 1. The maximum atomic E-state index is 11.5. The van der Waals surface area contributed by atoms with Gasteiger partial charge < -0.3 is 10.0 Å². The maximum absolute atomic E-state index is 11.5. The Bertz CT molecular complexity index is 298. The Balaban J connectivity index is 1.96. The first-order valence-electron chi connectivity index (χ1n) is 4.88. The summed E-state index contributed by atoms with van der Waals surface area (Å²) in [5.74, 6) is -0.565.